The second-order valence-electron chi connectivity index (χ2n) is 7.74. The van der Waals surface area contributed by atoms with Crippen LogP contribution in [0.4, 0.5) is 16.2 Å². The summed E-state index contributed by atoms with van der Waals surface area (Å²) in [5.74, 6) is 1.58. The first-order valence-corrected chi connectivity index (χ1v) is 11.0. The van der Waals surface area contributed by atoms with Gasteiger partial charge in [0.15, 0.2) is 11.5 Å². The fourth-order valence-corrected chi connectivity index (χ4v) is 4.13. The molecular weight excluding hydrogens is 460 g/mol. The van der Waals surface area contributed by atoms with Crippen LogP contribution in [-0.2, 0) is 0 Å². The van der Waals surface area contributed by atoms with E-state index in [0.29, 0.717) is 76.0 Å². The van der Waals surface area contributed by atoms with Gasteiger partial charge in [0.25, 0.3) is 0 Å². The maximum absolute atomic E-state index is 11.1. The highest BCUT2D eigenvalue weighted by Gasteiger charge is 2.24. The standard InChI is InChI=1S/C24H23ClN4O5/c1-32-21-10-17-19(11-22(21)33-2)27-13-14(12-26)23(17)28-15-3-4-20(18(25)9-15)34-16-5-7-29(8-6-16)24(30)31/h3-4,9-11,13,16H,5-8H2,1-2H3,(H,27,28)(H,30,31). The molecule has 0 saturated carbocycles. The lowest BCUT2D eigenvalue weighted by Crippen LogP contribution is -2.41. The molecule has 1 amide bonds. The number of likely N-dealkylation sites (tertiary alicyclic amines) is 1. The van der Waals surface area contributed by atoms with Crippen molar-refractivity contribution in [2.45, 2.75) is 18.9 Å². The Bertz CT molecular complexity index is 1270. The summed E-state index contributed by atoms with van der Waals surface area (Å²) in [5, 5.41) is 23.1. The SMILES string of the molecule is COc1cc2ncc(C#N)c(Nc3ccc(OC4CCN(C(=O)O)CC4)c(Cl)c3)c2cc1OC. The zero-order valence-electron chi connectivity index (χ0n) is 18.7. The number of carbonyl (C=O) groups is 1. The molecule has 1 aromatic heterocycles. The fraction of sp³-hybridized carbons (Fsp3) is 0.292. The van der Waals surface area contributed by atoms with Gasteiger partial charge < -0.3 is 29.5 Å². The second-order valence-corrected chi connectivity index (χ2v) is 8.15. The largest absolute Gasteiger partial charge is 0.493 e. The van der Waals surface area contributed by atoms with E-state index in [0.717, 1.165) is 0 Å². The van der Waals surface area contributed by atoms with Gasteiger partial charge in [0.1, 0.15) is 17.9 Å². The number of benzene rings is 2. The number of piperidine rings is 1. The van der Waals surface area contributed by atoms with Crippen molar-refractivity contribution in [3.63, 3.8) is 0 Å². The van der Waals surface area contributed by atoms with Crippen molar-refractivity contribution in [2.24, 2.45) is 0 Å². The van der Waals surface area contributed by atoms with Crippen molar-refractivity contribution >= 4 is 40.0 Å². The van der Waals surface area contributed by atoms with Crippen LogP contribution in [0.15, 0.2) is 36.5 Å². The maximum atomic E-state index is 11.1. The summed E-state index contributed by atoms with van der Waals surface area (Å²) < 4.78 is 16.8. The molecule has 0 atom stereocenters. The molecular formula is C24H23ClN4O5. The molecule has 0 bridgehead atoms. The number of hydrogen-bond acceptors (Lipinski definition) is 7. The van der Waals surface area contributed by atoms with E-state index in [1.165, 1.54) is 11.1 Å². The molecule has 176 valence electrons. The molecule has 0 radical (unpaired) electrons. The number of rotatable bonds is 6. The molecule has 0 aliphatic carbocycles. The maximum Gasteiger partial charge on any atom is 0.407 e. The molecule has 2 heterocycles. The topological polar surface area (TPSA) is 117 Å². The van der Waals surface area contributed by atoms with Crippen LogP contribution >= 0.6 is 11.6 Å². The monoisotopic (exact) mass is 482 g/mol. The van der Waals surface area contributed by atoms with Crippen molar-refractivity contribution in [3.8, 4) is 23.3 Å². The Labute approximate surface area is 201 Å². The predicted molar refractivity (Wildman–Crippen MR) is 128 cm³/mol. The van der Waals surface area contributed by atoms with E-state index in [1.807, 2.05) is 6.07 Å². The molecule has 1 aliphatic heterocycles. The number of halogens is 1. The quantitative estimate of drug-likeness (QED) is 0.501. The van der Waals surface area contributed by atoms with Crippen molar-refractivity contribution in [1.29, 1.82) is 5.26 Å². The summed E-state index contributed by atoms with van der Waals surface area (Å²) in [6.07, 6.45) is 1.68. The van der Waals surface area contributed by atoms with Gasteiger partial charge in [-0.05, 0) is 24.3 Å². The molecule has 3 aromatic rings. The Balaban J connectivity index is 1.58. The van der Waals surface area contributed by atoms with Crippen LogP contribution in [0.25, 0.3) is 10.9 Å². The van der Waals surface area contributed by atoms with Crippen molar-refractivity contribution in [3.05, 3.63) is 47.1 Å². The minimum Gasteiger partial charge on any atom is -0.493 e. The van der Waals surface area contributed by atoms with Gasteiger partial charge in [0.05, 0.1) is 36.0 Å². The number of nitrogens with zero attached hydrogens (tertiary/aromatic N) is 3. The number of fused-ring (bicyclic) bond motifs is 1. The molecule has 1 aliphatic rings. The number of ether oxygens (including phenoxy) is 3. The van der Waals surface area contributed by atoms with E-state index in [2.05, 4.69) is 16.4 Å². The highest BCUT2D eigenvalue weighted by molar-refractivity contribution is 6.32. The van der Waals surface area contributed by atoms with Gasteiger partial charge in [0, 0.05) is 49.3 Å². The van der Waals surface area contributed by atoms with E-state index < -0.39 is 6.09 Å². The predicted octanol–water partition coefficient (Wildman–Crippen LogP) is 5.04. The number of nitriles is 1. The average molecular weight is 483 g/mol. The number of hydrogen-bond donors (Lipinski definition) is 2. The first-order valence-electron chi connectivity index (χ1n) is 10.6. The number of methoxy groups -OCH3 is 2. The highest BCUT2D eigenvalue weighted by atomic mass is 35.5. The van der Waals surface area contributed by atoms with Crippen molar-refractivity contribution in [2.75, 3.05) is 32.6 Å². The number of aromatic nitrogens is 1. The van der Waals surface area contributed by atoms with Crippen LogP contribution in [0, 0.1) is 11.3 Å². The molecule has 1 fully saturated rings. The van der Waals surface area contributed by atoms with Gasteiger partial charge in [0.2, 0.25) is 0 Å². The fourth-order valence-electron chi connectivity index (χ4n) is 3.90. The Morgan fingerprint density at radius 1 is 1.18 bits per heavy atom. The third kappa shape index (κ3) is 4.72. The first kappa shape index (κ1) is 23.3. The molecule has 2 aromatic carbocycles. The lowest BCUT2D eigenvalue weighted by Gasteiger charge is -2.30. The highest BCUT2D eigenvalue weighted by Crippen LogP contribution is 2.38. The first-order chi connectivity index (χ1) is 16.4. The molecule has 10 heteroatoms. The molecule has 34 heavy (non-hydrogen) atoms. The minimum atomic E-state index is -0.914. The molecule has 4 rings (SSSR count). The van der Waals surface area contributed by atoms with E-state index >= 15 is 0 Å². The number of nitrogens with one attached hydrogen (secondary N) is 1. The molecule has 1 saturated heterocycles. The van der Waals surface area contributed by atoms with E-state index in [1.54, 1.807) is 38.5 Å². The summed E-state index contributed by atoms with van der Waals surface area (Å²) in [6, 6.07) is 11.0. The van der Waals surface area contributed by atoms with Crippen LogP contribution in [0.2, 0.25) is 5.02 Å². The summed E-state index contributed by atoms with van der Waals surface area (Å²) >= 11 is 6.49. The van der Waals surface area contributed by atoms with Gasteiger partial charge >= 0.3 is 6.09 Å². The van der Waals surface area contributed by atoms with Crippen LogP contribution in [0.3, 0.4) is 0 Å². The van der Waals surface area contributed by atoms with Crippen LogP contribution in [0.1, 0.15) is 18.4 Å². The van der Waals surface area contributed by atoms with Gasteiger partial charge in [-0.25, -0.2) is 4.79 Å². The molecule has 0 spiro atoms. The van der Waals surface area contributed by atoms with Gasteiger partial charge in [-0.1, -0.05) is 11.6 Å². The number of carboxylic acid groups (broad SMARTS) is 1. The van der Waals surface area contributed by atoms with Crippen molar-refractivity contribution in [1.82, 2.24) is 9.88 Å². The van der Waals surface area contributed by atoms with Gasteiger partial charge in [-0.3, -0.25) is 4.98 Å². The Morgan fingerprint density at radius 2 is 1.88 bits per heavy atom. The summed E-state index contributed by atoms with van der Waals surface area (Å²) in [5.41, 5.74) is 2.23. The van der Waals surface area contributed by atoms with E-state index in [4.69, 9.17) is 30.9 Å². The van der Waals surface area contributed by atoms with E-state index in [9.17, 15) is 10.1 Å². The molecule has 2 N–H and O–H groups in total. The normalized spacial score (nSPS) is 13.9. The minimum absolute atomic E-state index is 0.108. The summed E-state index contributed by atoms with van der Waals surface area (Å²) in [6.45, 7) is 0.856. The zero-order valence-corrected chi connectivity index (χ0v) is 19.4. The Morgan fingerprint density at radius 3 is 2.50 bits per heavy atom. The lowest BCUT2D eigenvalue weighted by molar-refractivity contribution is 0.0895. The lowest BCUT2D eigenvalue weighted by atomic mass is 10.1. The van der Waals surface area contributed by atoms with E-state index in [-0.39, 0.29) is 6.10 Å². The Hall–Kier alpha value is -3.90. The Kier molecular flexibility index (Phi) is 6.80. The molecule has 0 unspecified atom stereocenters. The van der Waals surface area contributed by atoms with Gasteiger partial charge in [-0.2, -0.15) is 5.26 Å². The van der Waals surface area contributed by atoms with Crippen LogP contribution in [-0.4, -0.2) is 54.5 Å². The number of anilines is 2. The summed E-state index contributed by atoms with van der Waals surface area (Å²) in [4.78, 5) is 16.8. The smallest absolute Gasteiger partial charge is 0.407 e. The zero-order chi connectivity index (χ0) is 24.2. The second kappa shape index (κ2) is 9.93. The third-order valence-electron chi connectivity index (χ3n) is 5.70. The van der Waals surface area contributed by atoms with Crippen molar-refractivity contribution < 1.29 is 24.1 Å². The summed E-state index contributed by atoms with van der Waals surface area (Å²) in [7, 11) is 3.09. The average Bonchev–Trinajstić information content (AvgIpc) is 2.85. The number of amides is 1. The van der Waals surface area contributed by atoms with Crippen LogP contribution in [0.5, 0.6) is 17.2 Å². The number of pyridine rings is 1. The molecule has 9 nitrogen and oxygen atoms in total. The van der Waals surface area contributed by atoms with Gasteiger partial charge in [-0.15, -0.1) is 0 Å². The third-order valence-corrected chi connectivity index (χ3v) is 6.00. The van der Waals surface area contributed by atoms with Crippen LogP contribution < -0.4 is 19.5 Å².